The predicted octanol–water partition coefficient (Wildman–Crippen LogP) is 3.85. The number of hydrogen-bond acceptors (Lipinski definition) is 4. The molecule has 0 unspecified atom stereocenters. The lowest BCUT2D eigenvalue weighted by molar-refractivity contribution is 0.269. The summed E-state index contributed by atoms with van der Waals surface area (Å²) in [6.07, 6.45) is 0.673. The number of methoxy groups -OCH3 is 2. The van der Waals surface area contributed by atoms with Crippen molar-refractivity contribution < 1.29 is 17.9 Å². The maximum Gasteiger partial charge on any atom is 0.244 e. The van der Waals surface area contributed by atoms with Crippen LogP contribution in [0.1, 0.15) is 41.0 Å². The second kappa shape index (κ2) is 6.87. The van der Waals surface area contributed by atoms with Crippen LogP contribution in [0.2, 0.25) is 5.02 Å². The molecule has 0 radical (unpaired) electrons. The first kappa shape index (κ1) is 20.1. The van der Waals surface area contributed by atoms with E-state index in [9.17, 15) is 8.42 Å². The van der Waals surface area contributed by atoms with E-state index in [1.165, 1.54) is 26.4 Å². The van der Waals surface area contributed by atoms with Gasteiger partial charge in [-0.05, 0) is 25.7 Å². The summed E-state index contributed by atoms with van der Waals surface area (Å²) in [4.78, 5) is 0.00299. The minimum atomic E-state index is -3.80. The molecule has 0 heterocycles. The van der Waals surface area contributed by atoms with E-state index < -0.39 is 15.6 Å². The summed E-state index contributed by atoms with van der Waals surface area (Å²) in [5.74, 6) is 0.455. The SMILES string of the molecule is COc1cc(S(=O)(=O)NC(C)(C)CC(C)(C)C)c(OC)cc1Cl. The van der Waals surface area contributed by atoms with E-state index in [0.29, 0.717) is 6.42 Å². The lowest BCUT2D eigenvalue weighted by Gasteiger charge is -2.33. The van der Waals surface area contributed by atoms with E-state index >= 15 is 0 Å². The van der Waals surface area contributed by atoms with Crippen molar-refractivity contribution in [1.29, 1.82) is 0 Å². The number of sulfonamides is 1. The zero-order valence-corrected chi connectivity index (χ0v) is 16.4. The highest BCUT2D eigenvalue weighted by Gasteiger charge is 2.32. The van der Waals surface area contributed by atoms with Gasteiger partial charge in [-0.25, -0.2) is 13.1 Å². The van der Waals surface area contributed by atoms with Crippen molar-refractivity contribution in [3.05, 3.63) is 17.2 Å². The Morgan fingerprint density at radius 2 is 1.57 bits per heavy atom. The van der Waals surface area contributed by atoms with Gasteiger partial charge in [0.05, 0.1) is 19.2 Å². The molecule has 0 aromatic heterocycles. The average Bonchev–Trinajstić information content (AvgIpc) is 2.33. The lowest BCUT2D eigenvalue weighted by atomic mass is 9.82. The minimum absolute atomic E-state index is 0.00299. The van der Waals surface area contributed by atoms with Gasteiger partial charge < -0.3 is 9.47 Å². The predicted molar refractivity (Wildman–Crippen MR) is 93.0 cm³/mol. The summed E-state index contributed by atoms with van der Waals surface area (Å²) >= 11 is 6.03. The largest absolute Gasteiger partial charge is 0.495 e. The molecule has 1 N–H and O–H groups in total. The van der Waals surface area contributed by atoms with E-state index in [1.54, 1.807) is 0 Å². The Kier molecular flexibility index (Phi) is 5.99. The van der Waals surface area contributed by atoms with Crippen molar-refractivity contribution in [1.82, 2.24) is 4.72 Å². The molecule has 0 aliphatic heterocycles. The molecule has 0 aliphatic rings. The number of ether oxygens (including phenoxy) is 2. The van der Waals surface area contributed by atoms with E-state index in [0.717, 1.165) is 0 Å². The van der Waals surface area contributed by atoms with Crippen LogP contribution < -0.4 is 14.2 Å². The first-order chi connectivity index (χ1) is 10.3. The normalized spacial score (nSPS) is 13.0. The number of benzene rings is 1. The Balaban J connectivity index is 3.28. The van der Waals surface area contributed by atoms with Gasteiger partial charge in [-0.1, -0.05) is 32.4 Å². The molecule has 7 heteroatoms. The molecule has 0 saturated carbocycles. The van der Waals surface area contributed by atoms with Gasteiger partial charge in [0.25, 0.3) is 0 Å². The van der Waals surface area contributed by atoms with Gasteiger partial charge in [-0.3, -0.25) is 0 Å². The average molecular weight is 364 g/mol. The Morgan fingerprint density at radius 3 is 2.00 bits per heavy atom. The molecule has 0 amide bonds. The molecule has 5 nitrogen and oxygen atoms in total. The first-order valence-electron chi connectivity index (χ1n) is 7.27. The van der Waals surface area contributed by atoms with Gasteiger partial charge in [0.1, 0.15) is 16.4 Å². The Bertz CT molecular complexity index is 663. The fourth-order valence-electron chi connectivity index (χ4n) is 2.82. The van der Waals surface area contributed by atoms with Crippen LogP contribution in [0, 0.1) is 5.41 Å². The van der Waals surface area contributed by atoms with Crippen molar-refractivity contribution in [3.8, 4) is 11.5 Å². The molecule has 132 valence electrons. The van der Waals surface area contributed by atoms with Crippen molar-refractivity contribution in [2.75, 3.05) is 14.2 Å². The Morgan fingerprint density at radius 1 is 1.04 bits per heavy atom. The van der Waals surface area contributed by atoms with Gasteiger partial charge in [0.2, 0.25) is 10.0 Å². The van der Waals surface area contributed by atoms with Crippen molar-refractivity contribution in [2.45, 2.75) is 51.5 Å². The molecular formula is C16H26ClNO4S. The standard InChI is InChI=1S/C16H26ClNO4S/c1-15(2,3)10-16(4,5)18-23(19,20)14-9-12(21-6)11(17)8-13(14)22-7/h8-9,18H,10H2,1-7H3. The highest BCUT2D eigenvalue weighted by molar-refractivity contribution is 7.89. The smallest absolute Gasteiger partial charge is 0.244 e. The molecule has 23 heavy (non-hydrogen) atoms. The number of hydrogen-bond donors (Lipinski definition) is 1. The molecule has 0 aliphatic carbocycles. The van der Waals surface area contributed by atoms with Crippen LogP contribution in [0.4, 0.5) is 0 Å². The molecule has 1 rings (SSSR count). The summed E-state index contributed by atoms with van der Waals surface area (Å²) in [5, 5.41) is 0.289. The van der Waals surface area contributed by atoms with Crippen LogP contribution in [0.3, 0.4) is 0 Å². The topological polar surface area (TPSA) is 64.6 Å². The van der Waals surface area contributed by atoms with Gasteiger partial charge in [0, 0.05) is 17.7 Å². The van der Waals surface area contributed by atoms with E-state index in [1.807, 2.05) is 13.8 Å². The molecule has 0 atom stereocenters. The fourth-order valence-corrected chi connectivity index (χ4v) is 4.63. The van der Waals surface area contributed by atoms with Crippen molar-refractivity contribution in [3.63, 3.8) is 0 Å². The second-order valence-electron chi connectivity index (χ2n) is 7.36. The van der Waals surface area contributed by atoms with Crippen molar-refractivity contribution >= 4 is 21.6 Å². The van der Waals surface area contributed by atoms with E-state index in [2.05, 4.69) is 25.5 Å². The van der Waals surface area contributed by atoms with Crippen LogP contribution in [-0.4, -0.2) is 28.2 Å². The Labute approximate surface area is 144 Å². The molecular weight excluding hydrogens is 338 g/mol. The van der Waals surface area contributed by atoms with Crippen LogP contribution in [0.15, 0.2) is 17.0 Å². The highest BCUT2D eigenvalue weighted by atomic mass is 35.5. The summed E-state index contributed by atoms with van der Waals surface area (Å²) in [6, 6.07) is 2.81. The van der Waals surface area contributed by atoms with Gasteiger partial charge in [-0.2, -0.15) is 0 Å². The van der Waals surface area contributed by atoms with Crippen LogP contribution in [-0.2, 0) is 10.0 Å². The lowest BCUT2D eigenvalue weighted by Crippen LogP contribution is -2.45. The third-order valence-electron chi connectivity index (χ3n) is 3.11. The molecule has 0 fully saturated rings. The molecule has 0 spiro atoms. The van der Waals surface area contributed by atoms with Gasteiger partial charge in [-0.15, -0.1) is 0 Å². The van der Waals surface area contributed by atoms with Gasteiger partial charge in [0.15, 0.2) is 0 Å². The zero-order valence-electron chi connectivity index (χ0n) is 14.8. The Hall–Kier alpha value is -0.980. The monoisotopic (exact) mass is 363 g/mol. The molecule has 1 aromatic rings. The van der Waals surface area contributed by atoms with Crippen LogP contribution in [0.25, 0.3) is 0 Å². The third-order valence-corrected chi connectivity index (χ3v) is 5.13. The van der Waals surface area contributed by atoms with Crippen LogP contribution in [0.5, 0.6) is 11.5 Å². The van der Waals surface area contributed by atoms with E-state index in [4.69, 9.17) is 21.1 Å². The summed E-state index contributed by atoms with van der Waals surface area (Å²) in [7, 11) is -0.964. The quantitative estimate of drug-likeness (QED) is 0.833. The summed E-state index contributed by atoms with van der Waals surface area (Å²) < 4.78 is 38.6. The maximum atomic E-state index is 12.8. The minimum Gasteiger partial charge on any atom is -0.495 e. The number of halogens is 1. The maximum absolute atomic E-state index is 12.8. The first-order valence-corrected chi connectivity index (χ1v) is 9.13. The second-order valence-corrected chi connectivity index (χ2v) is 9.42. The van der Waals surface area contributed by atoms with Crippen molar-refractivity contribution in [2.24, 2.45) is 5.41 Å². The van der Waals surface area contributed by atoms with Crippen LogP contribution >= 0.6 is 11.6 Å². The number of nitrogens with one attached hydrogen (secondary N) is 1. The summed E-state index contributed by atoms with van der Waals surface area (Å²) in [6.45, 7) is 9.91. The zero-order chi connectivity index (χ0) is 18.1. The van der Waals surface area contributed by atoms with E-state index in [-0.39, 0.29) is 26.8 Å². The fraction of sp³-hybridized carbons (Fsp3) is 0.625. The molecule has 0 bridgehead atoms. The van der Waals surface area contributed by atoms with Gasteiger partial charge >= 0.3 is 0 Å². The highest BCUT2D eigenvalue weighted by Crippen LogP contribution is 2.36. The summed E-state index contributed by atoms with van der Waals surface area (Å²) in [5.41, 5.74) is -0.636. The number of rotatable bonds is 6. The molecule has 1 aromatic carbocycles. The third kappa shape index (κ3) is 5.55. The molecule has 0 saturated heterocycles.